The Bertz CT molecular complexity index is 1030. The minimum Gasteiger partial charge on any atom is -0.435 e. The molecule has 1 heterocycles. The minimum atomic E-state index is -2.89. The smallest absolute Gasteiger partial charge is 0.387 e. The van der Waals surface area contributed by atoms with E-state index in [9.17, 15) is 18.4 Å². The van der Waals surface area contributed by atoms with Gasteiger partial charge in [0.25, 0.3) is 0 Å². The zero-order valence-corrected chi connectivity index (χ0v) is 17.3. The molecule has 0 aliphatic rings. The highest BCUT2D eigenvalue weighted by Crippen LogP contribution is 2.19. The third-order valence-corrected chi connectivity index (χ3v) is 4.87. The van der Waals surface area contributed by atoms with E-state index in [0.29, 0.717) is 6.42 Å². The number of alkyl halides is 2. The summed E-state index contributed by atoms with van der Waals surface area (Å²) in [5.74, 6) is -0.757. The third kappa shape index (κ3) is 6.04. The number of aromatic nitrogens is 1. The summed E-state index contributed by atoms with van der Waals surface area (Å²) >= 11 is 0. The molecule has 31 heavy (non-hydrogen) atoms. The molecule has 1 unspecified atom stereocenters. The second-order valence-electron chi connectivity index (χ2n) is 7.52. The molecule has 2 amide bonds. The predicted molar refractivity (Wildman–Crippen MR) is 114 cm³/mol. The molecule has 1 atom stereocenters. The van der Waals surface area contributed by atoms with Gasteiger partial charge in [0.15, 0.2) is 0 Å². The summed E-state index contributed by atoms with van der Waals surface area (Å²) in [7, 11) is 0. The van der Waals surface area contributed by atoms with E-state index in [-0.39, 0.29) is 30.0 Å². The number of carbonyl (C=O) groups is 2. The van der Waals surface area contributed by atoms with E-state index in [4.69, 9.17) is 0 Å². The van der Waals surface area contributed by atoms with Crippen LogP contribution >= 0.6 is 0 Å². The molecule has 6 nitrogen and oxygen atoms in total. The lowest BCUT2D eigenvalue weighted by Crippen LogP contribution is -2.48. The van der Waals surface area contributed by atoms with E-state index in [2.05, 4.69) is 20.4 Å². The highest BCUT2D eigenvalue weighted by Gasteiger charge is 2.23. The van der Waals surface area contributed by atoms with Crippen LogP contribution in [-0.2, 0) is 22.6 Å². The summed E-state index contributed by atoms with van der Waals surface area (Å²) in [5, 5.41) is 6.62. The number of aromatic amines is 1. The first-order valence-corrected chi connectivity index (χ1v) is 10.0. The lowest BCUT2D eigenvalue weighted by molar-refractivity contribution is -0.130. The van der Waals surface area contributed by atoms with Crippen molar-refractivity contribution >= 4 is 22.7 Å². The zero-order valence-electron chi connectivity index (χ0n) is 17.3. The lowest BCUT2D eigenvalue weighted by Gasteiger charge is -2.20. The SMILES string of the molecule is CC(C)C(=O)NC(Cc1c[nH]c2ccccc12)C(=O)NCc1ccc(OC(F)F)cc1. The summed E-state index contributed by atoms with van der Waals surface area (Å²) in [6.45, 7) is 0.828. The number of rotatable bonds is 9. The molecule has 0 aliphatic heterocycles. The average Bonchev–Trinajstić information content (AvgIpc) is 3.15. The molecule has 0 radical (unpaired) electrons. The van der Waals surface area contributed by atoms with Crippen LogP contribution in [0.1, 0.15) is 25.0 Å². The summed E-state index contributed by atoms with van der Waals surface area (Å²) in [6.07, 6.45) is 2.17. The maximum atomic E-state index is 12.9. The van der Waals surface area contributed by atoms with Crippen molar-refractivity contribution in [3.63, 3.8) is 0 Å². The Labute approximate surface area is 179 Å². The first kappa shape index (κ1) is 22.3. The van der Waals surface area contributed by atoms with Gasteiger partial charge in [-0.1, -0.05) is 44.2 Å². The number of carbonyl (C=O) groups excluding carboxylic acids is 2. The molecular weight excluding hydrogens is 404 g/mol. The maximum absolute atomic E-state index is 12.9. The van der Waals surface area contributed by atoms with Gasteiger partial charge in [0.1, 0.15) is 11.8 Å². The summed E-state index contributed by atoms with van der Waals surface area (Å²) in [5.41, 5.74) is 2.60. The normalized spacial score (nSPS) is 12.2. The molecule has 0 aliphatic carbocycles. The van der Waals surface area contributed by atoms with E-state index in [1.807, 2.05) is 30.5 Å². The lowest BCUT2D eigenvalue weighted by atomic mass is 10.0. The molecule has 3 rings (SSSR count). The van der Waals surface area contributed by atoms with Crippen molar-refractivity contribution in [1.82, 2.24) is 15.6 Å². The van der Waals surface area contributed by atoms with Crippen LogP contribution in [0.25, 0.3) is 10.9 Å². The molecule has 0 spiro atoms. The van der Waals surface area contributed by atoms with E-state index < -0.39 is 12.7 Å². The van der Waals surface area contributed by atoms with Crippen LogP contribution < -0.4 is 15.4 Å². The highest BCUT2D eigenvalue weighted by atomic mass is 19.3. The Morgan fingerprint density at radius 2 is 1.74 bits per heavy atom. The van der Waals surface area contributed by atoms with Crippen LogP contribution in [0.5, 0.6) is 5.75 Å². The number of halogens is 2. The molecule has 0 fully saturated rings. The van der Waals surface area contributed by atoms with Crippen LogP contribution in [0.3, 0.4) is 0 Å². The molecule has 0 bridgehead atoms. The van der Waals surface area contributed by atoms with Gasteiger partial charge in [0, 0.05) is 36.0 Å². The van der Waals surface area contributed by atoms with Gasteiger partial charge in [0.2, 0.25) is 11.8 Å². The molecule has 0 saturated heterocycles. The van der Waals surface area contributed by atoms with Crippen LogP contribution in [0.4, 0.5) is 8.78 Å². The molecule has 0 saturated carbocycles. The van der Waals surface area contributed by atoms with E-state index >= 15 is 0 Å². The van der Waals surface area contributed by atoms with Crippen LogP contribution in [-0.4, -0.2) is 29.5 Å². The molecule has 2 aromatic carbocycles. The number of para-hydroxylation sites is 1. The summed E-state index contributed by atoms with van der Waals surface area (Å²) in [4.78, 5) is 28.3. The van der Waals surface area contributed by atoms with Gasteiger partial charge in [-0.25, -0.2) is 0 Å². The number of fused-ring (bicyclic) bond motifs is 1. The van der Waals surface area contributed by atoms with Gasteiger partial charge in [-0.05, 0) is 29.3 Å². The predicted octanol–water partition coefficient (Wildman–Crippen LogP) is 3.77. The highest BCUT2D eigenvalue weighted by molar-refractivity contribution is 5.90. The first-order valence-electron chi connectivity index (χ1n) is 10.0. The minimum absolute atomic E-state index is 0.0477. The van der Waals surface area contributed by atoms with Crippen molar-refractivity contribution < 1.29 is 23.1 Å². The van der Waals surface area contributed by atoms with Crippen molar-refractivity contribution in [1.29, 1.82) is 0 Å². The fourth-order valence-electron chi connectivity index (χ4n) is 3.17. The van der Waals surface area contributed by atoms with E-state index in [1.165, 1.54) is 12.1 Å². The standard InChI is InChI=1S/C23H25F2N3O3/c1-14(2)21(29)28-20(11-16-13-26-19-6-4-3-5-18(16)19)22(30)27-12-15-7-9-17(10-8-15)31-23(24)25/h3-10,13-14,20,23,26H,11-12H2,1-2H3,(H,27,30)(H,28,29). The Morgan fingerprint density at radius 3 is 2.42 bits per heavy atom. The van der Waals surface area contributed by atoms with Crippen molar-refractivity contribution in [3.05, 3.63) is 65.9 Å². The van der Waals surface area contributed by atoms with Crippen molar-refractivity contribution in [3.8, 4) is 5.75 Å². The van der Waals surface area contributed by atoms with Crippen LogP contribution in [0.2, 0.25) is 0 Å². The Morgan fingerprint density at radius 1 is 1.03 bits per heavy atom. The van der Waals surface area contributed by atoms with Crippen LogP contribution in [0, 0.1) is 5.92 Å². The molecule has 1 aromatic heterocycles. The summed E-state index contributed by atoms with van der Waals surface area (Å²) < 4.78 is 28.8. The van der Waals surface area contributed by atoms with Crippen LogP contribution in [0.15, 0.2) is 54.7 Å². The fourth-order valence-corrected chi connectivity index (χ4v) is 3.17. The molecular formula is C23H25F2N3O3. The Kier molecular flexibility index (Phi) is 7.23. The number of H-pyrrole nitrogens is 1. The average molecular weight is 429 g/mol. The number of nitrogens with one attached hydrogen (secondary N) is 3. The van der Waals surface area contributed by atoms with Crippen molar-refractivity contribution in [2.75, 3.05) is 0 Å². The quantitative estimate of drug-likeness (QED) is 0.484. The Balaban J connectivity index is 1.69. The van der Waals surface area contributed by atoms with Gasteiger partial charge in [-0.2, -0.15) is 8.78 Å². The van der Waals surface area contributed by atoms with Gasteiger partial charge in [-0.15, -0.1) is 0 Å². The number of hydrogen-bond acceptors (Lipinski definition) is 3. The number of benzene rings is 2. The molecule has 3 N–H and O–H groups in total. The van der Waals surface area contributed by atoms with Gasteiger partial charge >= 0.3 is 6.61 Å². The van der Waals surface area contributed by atoms with Crippen molar-refractivity contribution in [2.45, 2.75) is 39.5 Å². The second-order valence-corrected chi connectivity index (χ2v) is 7.52. The van der Waals surface area contributed by atoms with Gasteiger partial charge in [0.05, 0.1) is 0 Å². The topological polar surface area (TPSA) is 83.2 Å². The monoisotopic (exact) mass is 429 g/mol. The molecule has 8 heteroatoms. The van der Waals surface area contributed by atoms with Crippen molar-refractivity contribution in [2.24, 2.45) is 5.92 Å². The number of hydrogen-bond donors (Lipinski definition) is 3. The summed E-state index contributed by atoms with van der Waals surface area (Å²) in [6, 6.07) is 13.0. The second kappa shape index (κ2) is 10.1. The first-order chi connectivity index (χ1) is 14.8. The molecule has 164 valence electrons. The van der Waals surface area contributed by atoms with E-state index in [1.54, 1.807) is 26.0 Å². The van der Waals surface area contributed by atoms with Gasteiger partial charge in [-0.3, -0.25) is 9.59 Å². The fraction of sp³-hybridized carbons (Fsp3) is 0.304. The number of ether oxygens (including phenoxy) is 1. The van der Waals surface area contributed by atoms with Gasteiger partial charge < -0.3 is 20.4 Å². The molecule has 3 aromatic rings. The zero-order chi connectivity index (χ0) is 22.4. The third-order valence-electron chi connectivity index (χ3n) is 4.87. The van der Waals surface area contributed by atoms with E-state index in [0.717, 1.165) is 22.0 Å². The maximum Gasteiger partial charge on any atom is 0.387 e. The Hall–Kier alpha value is -3.42. The largest absolute Gasteiger partial charge is 0.435 e. The number of amides is 2.